The molecule has 0 aliphatic heterocycles. The highest BCUT2D eigenvalue weighted by Gasteiger charge is 2.12. The molecular weight excluding hydrogens is 279 g/mol. The number of halogens is 2. The van der Waals surface area contributed by atoms with Gasteiger partial charge in [0.15, 0.2) is 0 Å². The Balaban J connectivity index is 2.17. The minimum Gasteiger partial charge on any atom is -0.488 e. The van der Waals surface area contributed by atoms with Crippen LogP contribution in [0.1, 0.15) is 30.6 Å². The predicted molar refractivity (Wildman–Crippen MR) is 77.4 cm³/mol. The van der Waals surface area contributed by atoms with Crippen LogP contribution < -0.4 is 4.74 Å². The third kappa shape index (κ3) is 3.50. The first-order valence-electron chi connectivity index (χ1n) is 6.45. The van der Waals surface area contributed by atoms with E-state index < -0.39 is 6.10 Å². The van der Waals surface area contributed by atoms with E-state index in [-0.39, 0.29) is 12.4 Å². The molecule has 1 N–H and O–H groups in total. The average molecular weight is 295 g/mol. The number of para-hydroxylation sites is 1. The van der Waals surface area contributed by atoms with Gasteiger partial charge in [0.25, 0.3) is 0 Å². The number of aliphatic hydroxyl groups excluding tert-OH is 1. The van der Waals surface area contributed by atoms with E-state index >= 15 is 0 Å². The molecule has 106 valence electrons. The van der Waals surface area contributed by atoms with Gasteiger partial charge in [0, 0.05) is 16.1 Å². The van der Waals surface area contributed by atoms with E-state index in [1.165, 1.54) is 18.2 Å². The summed E-state index contributed by atoms with van der Waals surface area (Å²) in [6.07, 6.45) is 0.0235. The zero-order valence-corrected chi connectivity index (χ0v) is 11.9. The van der Waals surface area contributed by atoms with E-state index in [2.05, 4.69) is 0 Å². The minimum atomic E-state index is -0.575. The van der Waals surface area contributed by atoms with Crippen molar-refractivity contribution >= 4 is 11.6 Å². The highest BCUT2D eigenvalue weighted by Crippen LogP contribution is 2.28. The molecule has 0 bridgehead atoms. The Morgan fingerprint density at radius 3 is 2.75 bits per heavy atom. The molecule has 0 spiro atoms. The van der Waals surface area contributed by atoms with Gasteiger partial charge in [-0.15, -0.1) is 0 Å². The normalized spacial score (nSPS) is 12.2. The van der Waals surface area contributed by atoms with Gasteiger partial charge < -0.3 is 9.84 Å². The van der Waals surface area contributed by atoms with E-state index in [1.54, 1.807) is 6.07 Å². The lowest BCUT2D eigenvalue weighted by Gasteiger charge is -2.15. The van der Waals surface area contributed by atoms with Gasteiger partial charge in [0.05, 0.1) is 6.10 Å². The topological polar surface area (TPSA) is 29.5 Å². The maximum atomic E-state index is 13.2. The second-order valence-electron chi connectivity index (χ2n) is 4.49. The Kier molecular flexibility index (Phi) is 4.99. The molecule has 0 heterocycles. The molecule has 0 saturated carbocycles. The summed E-state index contributed by atoms with van der Waals surface area (Å²) in [4.78, 5) is 0. The Hall–Kier alpha value is -1.58. The van der Waals surface area contributed by atoms with Gasteiger partial charge in [-0.2, -0.15) is 0 Å². The quantitative estimate of drug-likeness (QED) is 0.879. The lowest BCUT2D eigenvalue weighted by Crippen LogP contribution is -2.03. The molecule has 2 aromatic rings. The summed E-state index contributed by atoms with van der Waals surface area (Å²) in [7, 11) is 0. The Morgan fingerprint density at radius 1 is 1.25 bits per heavy atom. The fraction of sp³-hybridized carbons (Fsp3) is 0.250. The molecule has 0 saturated heterocycles. The molecule has 2 aromatic carbocycles. The van der Waals surface area contributed by atoms with Crippen molar-refractivity contribution < 1.29 is 14.2 Å². The van der Waals surface area contributed by atoms with E-state index in [4.69, 9.17) is 16.3 Å². The van der Waals surface area contributed by atoms with E-state index in [1.807, 2.05) is 25.1 Å². The molecule has 2 rings (SSSR count). The standard InChI is InChI=1S/C16H16ClFO2/c1-2-15(19)13-5-3-4-6-16(13)20-10-11-9-12(18)7-8-14(11)17/h3-9,15,19H,2,10H2,1H3/t15-/m1/s1. The predicted octanol–water partition coefficient (Wildman–Crippen LogP) is 4.50. The third-order valence-corrected chi connectivity index (χ3v) is 3.42. The largest absolute Gasteiger partial charge is 0.488 e. The molecule has 0 aliphatic rings. The van der Waals surface area contributed by atoms with Crippen molar-refractivity contribution in [2.75, 3.05) is 0 Å². The van der Waals surface area contributed by atoms with Crippen LogP contribution in [0.5, 0.6) is 5.75 Å². The van der Waals surface area contributed by atoms with Gasteiger partial charge >= 0.3 is 0 Å². The van der Waals surface area contributed by atoms with Crippen molar-refractivity contribution in [1.82, 2.24) is 0 Å². The summed E-state index contributed by atoms with van der Waals surface area (Å²) in [5.74, 6) is 0.233. The molecule has 0 aromatic heterocycles. The van der Waals surface area contributed by atoms with Crippen LogP contribution >= 0.6 is 11.6 Å². The zero-order chi connectivity index (χ0) is 14.5. The second-order valence-corrected chi connectivity index (χ2v) is 4.89. The van der Waals surface area contributed by atoms with E-state index in [0.29, 0.717) is 22.8 Å². The fourth-order valence-electron chi connectivity index (χ4n) is 1.92. The van der Waals surface area contributed by atoms with Gasteiger partial charge in [-0.3, -0.25) is 0 Å². The summed E-state index contributed by atoms with van der Waals surface area (Å²) < 4.78 is 18.9. The first-order valence-corrected chi connectivity index (χ1v) is 6.83. The third-order valence-electron chi connectivity index (χ3n) is 3.06. The minimum absolute atomic E-state index is 0.157. The van der Waals surface area contributed by atoms with Crippen molar-refractivity contribution in [3.8, 4) is 5.75 Å². The Labute approximate surface area is 122 Å². The number of benzene rings is 2. The summed E-state index contributed by atoms with van der Waals surface area (Å²) >= 11 is 6.00. The number of rotatable bonds is 5. The maximum absolute atomic E-state index is 13.2. The van der Waals surface area contributed by atoms with Crippen molar-refractivity contribution in [3.63, 3.8) is 0 Å². The number of hydrogen-bond acceptors (Lipinski definition) is 2. The van der Waals surface area contributed by atoms with Gasteiger partial charge in [0.2, 0.25) is 0 Å². The summed E-state index contributed by atoms with van der Waals surface area (Å²) in [6, 6.07) is 11.4. The van der Waals surface area contributed by atoms with Crippen LogP contribution in [0, 0.1) is 5.82 Å². The van der Waals surface area contributed by atoms with E-state index in [0.717, 1.165) is 5.56 Å². The van der Waals surface area contributed by atoms with Gasteiger partial charge in [-0.1, -0.05) is 36.7 Å². The summed E-state index contributed by atoms with van der Waals surface area (Å²) in [6.45, 7) is 2.05. The van der Waals surface area contributed by atoms with Crippen LogP contribution in [-0.4, -0.2) is 5.11 Å². The average Bonchev–Trinajstić information content (AvgIpc) is 2.47. The summed E-state index contributed by atoms with van der Waals surface area (Å²) in [5.41, 5.74) is 1.30. The maximum Gasteiger partial charge on any atom is 0.125 e. The number of ether oxygens (including phenoxy) is 1. The van der Waals surface area contributed by atoms with Crippen molar-refractivity contribution in [2.24, 2.45) is 0 Å². The lowest BCUT2D eigenvalue weighted by atomic mass is 10.1. The number of hydrogen-bond donors (Lipinski definition) is 1. The van der Waals surface area contributed by atoms with Gasteiger partial charge in [-0.25, -0.2) is 4.39 Å². The number of aliphatic hydroxyl groups is 1. The van der Waals surface area contributed by atoms with Crippen LogP contribution in [0.4, 0.5) is 4.39 Å². The molecule has 0 aliphatic carbocycles. The van der Waals surface area contributed by atoms with Crippen LogP contribution in [0.15, 0.2) is 42.5 Å². The first-order chi connectivity index (χ1) is 9.61. The molecule has 1 atom stereocenters. The first kappa shape index (κ1) is 14.8. The molecule has 20 heavy (non-hydrogen) atoms. The summed E-state index contributed by atoms with van der Waals surface area (Å²) in [5, 5.41) is 10.4. The Bertz CT molecular complexity index is 586. The van der Waals surface area contributed by atoms with E-state index in [9.17, 15) is 9.50 Å². The van der Waals surface area contributed by atoms with Crippen LogP contribution in [0.25, 0.3) is 0 Å². The van der Waals surface area contributed by atoms with Gasteiger partial charge in [-0.05, 0) is 30.7 Å². The SMILES string of the molecule is CC[C@@H](O)c1ccccc1OCc1cc(F)ccc1Cl. The van der Waals surface area contributed by atoms with Crippen LogP contribution in [0.2, 0.25) is 5.02 Å². The molecule has 2 nitrogen and oxygen atoms in total. The molecule has 0 unspecified atom stereocenters. The van der Waals surface area contributed by atoms with Crippen LogP contribution in [-0.2, 0) is 6.61 Å². The van der Waals surface area contributed by atoms with Crippen molar-refractivity contribution in [3.05, 3.63) is 64.4 Å². The smallest absolute Gasteiger partial charge is 0.125 e. The monoisotopic (exact) mass is 294 g/mol. The highest BCUT2D eigenvalue weighted by molar-refractivity contribution is 6.31. The Morgan fingerprint density at radius 2 is 2.00 bits per heavy atom. The van der Waals surface area contributed by atoms with Gasteiger partial charge in [0.1, 0.15) is 18.2 Å². The molecule has 0 radical (unpaired) electrons. The molecular formula is C16H16ClFO2. The lowest BCUT2D eigenvalue weighted by molar-refractivity contribution is 0.166. The van der Waals surface area contributed by atoms with Crippen LogP contribution in [0.3, 0.4) is 0 Å². The second kappa shape index (κ2) is 6.73. The molecule has 0 fully saturated rings. The molecule has 4 heteroatoms. The molecule has 0 amide bonds. The zero-order valence-electron chi connectivity index (χ0n) is 11.1. The van der Waals surface area contributed by atoms with Crippen molar-refractivity contribution in [1.29, 1.82) is 0 Å². The highest BCUT2D eigenvalue weighted by atomic mass is 35.5. The fourth-order valence-corrected chi connectivity index (χ4v) is 2.09. The van der Waals surface area contributed by atoms with Crippen molar-refractivity contribution in [2.45, 2.75) is 26.1 Å².